The predicted octanol–water partition coefficient (Wildman–Crippen LogP) is 5.83. The molecule has 0 unspecified atom stereocenters. The lowest BCUT2D eigenvalue weighted by molar-refractivity contribution is -0.116. The van der Waals surface area contributed by atoms with Crippen LogP contribution in [0.25, 0.3) is 0 Å². The van der Waals surface area contributed by atoms with E-state index in [1.807, 2.05) is 58.8 Å². The molecule has 0 bridgehead atoms. The van der Waals surface area contributed by atoms with Gasteiger partial charge in [0.2, 0.25) is 11.8 Å². The average molecular weight is 437 g/mol. The molecule has 1 aliphatic rings. The first-order valence-electron chi connectivity index (χ1n) is 9.97. The Morgan fingerprint density at radius 1 is 1.13 bits per heavy atom. The van der Waals surface area contributed by atoms with Gasteiger partial charge in [-0.05, 0) is 52.8 Å². The van der Waals surface area contributed by atoms with Crippen molar-refractivity contribution in [3.05, 3.63) is 82.0 Å². The van der Waals surface area contributed by atoms with Crippen LogP contribution in [0.5, 0.6) is 0 Å². The van der Waals surface area contributed by atoms with Gasteiger partial charge in [0.15, 0.2) is 0 Å². The first-order valence-corrected chi connectivity index (χ1v) is 11.9. The smallest absolute Gasteiger partial charge is 0.238 e. The number of benzene rings is 2. The van der Waals surface area contributed by atoms with Crippen molar-refractivity contribution in [3.8, 4) is 0 Å². The van der Waals surface area contributed by atoms with Gasteiger partial charge < -0.3 is 5.32 Å². The fourth-order valence-corrected chi connectivity index (χ4v) is 5.39. The van der Waals surface area contributed by atoms with E-state index >= 15 is 0 Å². The molecule has 2 amide bonds. The molecule has 2 heterocycles. The Morgan fingerprint density at radius 3 is 2.63 bits per heavy atom. The van der Waals surface area contributed by atoms with Gasteiger partial charge >= 0.3 is 0 Å². The summed E-state index contributed by atoms with van der Waals surface area (Å²) in [5.41, 5.74) is 3.92. The Bertz CT molecular complexity index is 1030. The van der Waals surface area contributed by atoms with Gasteiger partial charge in [0.05, 0.1) is 12.2 Å². The van der Waals surface area contributed by atoms with Crippen molar-refractivity contribution in [1.29, 1.82) is 0 Å². The van der Waals surface area contributed by atoms with Gasteiger partial charge in [0.1, 0.15) is 5.37 Å². The number of amides is 2. The van der Waals surface area contributed by atoms with E-state index in [-0.39, 0.29) is 17.2 Å². The third kappa shape index (κ3) is 4.60. The van der Waals surface area contributed by atoms with Crippen molar-refractivity contribution in [2.24, 2.45) is 0 Å². The van der Waals surface area contributed by atoms with Crippen LogP contribution in [0.1, 0.15) is 41.1 Å². The maximum absolute atomic E-state index is 12.7. The molecule has 6 heteroatoms. The highest BCUT2D eigenvalue weighted by atomic mass is 32.2. The summed E-state index contributed by atoms with van der Waals surface area (Å²) in [6, 6.07) is 20.0. The summed E-state index contributed by atoms with van der Waals surface area (Å²) in [6.07, 6.45) is 0.368. The van der Waals surface area contributed by atoms with E-state index in [1.165, 1.54) is 5.56 Å². The third-order valence-electron chi connectivity index (χ3n) is 5.08. The molecule has 1 saturated heterocycles. The minimum absolute atomic E-state index is 0.0362. The molecule has 1 atom stereocenters. The molecule has 2 aromatic carbocycles. The first kappa shape index (κ1) is 20.7. The lowest BCUT2D eigenvalue weighted by Crippen LogP contribution is -2.27. The highest BCUT2D eigenvalue weighted by Gasteiger charge is 2.34. The molecule has 4 nitrogen and oxygen atoms in total. The van der Waals surface area contributed by atoms with Crippen LogP contribution in [-0.4, -0.2) is 17.6 Å². The van der Waals surface area contributed by atoms with Gasteiger partial charge in [-0.15, -0.1) is 23.1 Å². The fourth-order valence-electron chi connectivity index (χ4n) is 3.52. The molecule has 1 aromatic heterocycles. The topological polar surface area (TPSA) is 49.4 Å². The molecule has 1 N–H and O–H groups in total. The van der Waals surface area contributed by atoms with Gasteiger partial charge in [-0.25, -0.2) is 0 Å². The summed E-state index contributed by atoms with van der Waals surface area (Å²) in [5, 5.41) is 4.86. The minimum atomic E-state index is -0.100. The summed E-state index contributed by atoms with van der Waals surface area (Å²) < 4.78 is 0. The zero-order chi connectivity index (χ0) is 21.1. The summed E-state index contributed by atoms with van der Waals surface area (Å²) in [4.78, 5) is 27.9. The molecule has 154 valence electrons. The summed E-state index contributed by atoms with van der Waals surface area (Å²) in [6.45, 7) is 4.32. The van der Waals surface area contributed by atoms with E-state index in [1.54, 1.807) is 23.1 Å². The highest BCUT2D eigenvalue weighted by molar-refractivity contribution is 8.00. The van der Waals surface area contributed by atoms with Crippen molar-refractivity contribution < 1.29 is 9.59 Å². The van der Waals surface area contributed by atoms with Crippen LogP contribution >= 0.6 is 23.1 Å². The Balaban J connectivity index is 1.52. The maximum atomic E-state index is 12.7. The van der Waals surface area contributed by atoms with Crippen molar-refractivity contribution in [3.63, 3.8) is 0 Å². The SMILES string of the molecule is CC(C)c1ccc(N2C(=O)CS[C@@H]2c2cccc(NC(=O)Cc3cccs3)c2)cc1. The van der Waals surface area contributed by atoms with E-state index in [2.05, 4.69) is 31.3 Å². The molecule has 0 radical (unpaired) electrons. The quantitative estimate of drug-likeness (QED) is 0.529. The van der Waals surface area contributed by atoms with Crippen LogP contribution in [0.2, 0.25) is 0 Å². The van der Waals surface area contributed by atoms with E-state index in [4.69, 9.17) is 0 Å². The zero-order valence-corrected chi connectivity index (χ0v) is 18.6. The van der Waals surface area contributed by atoms with E-state index in [0.29, 0.717) is 18.1 Å². The first-order chi connectivity index (χ1) is 14.5. The average Bonchev–Trinajstić information content (AvgIpc) is 3.37. The van der Waals surface area contributed by atoms with Crippen LogP contribution < -0.4 is 10.2 Å². The number of nitrogens with zero attached hydrogens (tertiary/aromatic N) is 1. The summed E-state index contributed by atoms with van der Waals surface area (Å²) >= 11 is 3.19. The molecule has 0 spiro atoms. The van der Waals surface area contributed by atoms with Crippen LogP contribution in [0.3, 0.4) is 0 Å². The lowest BCUT2D eigenvalue weighted by atomic mass is 10.0. The highest BCUT2D eigenvalue weighted by Crippen LogP contribution is 2.42. The predicted molar refractivity (Wildman–Crippen MR) is 126 cm³/mol. The maximum Gasteiger partial charge on any atom is 0.238 e. The van der Waals surface area contributed by atoms with E-state index < -0.39 is 0 Å². The van der Waals surface area contributed by atoms with Crippen molar-refractivity contribution in [1.82, 2.24) is 0 Å². The van der Waals surface area contributed by atoms with Crippen LogP contribution in [-0.2, 0) is 16.0 Å². The number of hydrogen-bond acceptors (Lipinski definition) is 4. The standard InChI is InChI=1S/C24H24N2O2S2/c1-16(2)17-8-10-20(11-9-17)26-23(28)15-30-24(26)18-5-3-6-19(13-18)25-22(27)14-21-7-4-12-29-21/h3-13,16,24H,14-15H2,1-2H3,(H,25,27)/t24-/m1/s1. The largest absolute Gasteiger partial charge is 0.326 e. The number of anilines is 2. The Hall–Kier alpha value is -2.57. The number of thiophene rings is 1. The molecule has 0 saturated carbocycles. The fraction of sp³-hybridized carbons (Fsp3) is 0.250. The molecular formula is C24H24N2O2S2. The van der Waals surface area contributed by atoms with E-state index in [9.17, 15) is 9.59 Å². The summed E-state index contributed by atoms with van der Waals surface area (Å²) in [7, 11) is 0. The number of carbonyl (C=O) groups is 2. The lowest BCUT2D eigenvalue weighted by Gasteiger charge is -2.25. The normalized spacial score (nSPS) is 16.3. The summed E-state index contributed by atoms with van der Waals surface area (Å²) in [5.74, 6) is 0.972. The van der Waals surface area contributed by atoms with Crippen LogP contribution in [0.4, 0.5) is 11.4 Å². The molecule has 30 heavy (non-hydrogen) atoms. The number of carbonyl (C=O) groups excluding carboxylic acids is 2. The molecule has 4 rings (SSSR count). The second kappa shape index (κ2) is 9.06. The monoisotopic (exact) mass is 436 g/mol. The Morgan fingerprint density at radius 2 is 1.93 bits per heavy atom. The minimum Gasteiger partial charge on any atom is -0.326 e. The molecule has 0 aliphatic carbocycles. The zero-order valence-electron chi connectivity index (χ0n) is 17.0. The molecule has 3 aromatic rings. The van der Waals surface area contributed by atoms with Gasteiger partial charge in [-0.1, -0.05) is 44.2 Å². The van der Waals surface area contributed by atoms with Crippen molar-refractivity contribution in [2.45, 2.75) is 31.6 Å². The third-order valence-corrected chi connectivity index (χ3v) is 7.16. The molecular weight excluding hydrogens is 412 g/mol. The number of thioether (sulfide) groups is 1. The Labute approximate surface area is 185 Å². The van der Waals surface area contributed by atoms with Crippen LogP contribution in [0, 0.1) is 0 Å². The van der Waals surface area contributed by atoms with Gasteiger partial charge in [0, 0.05) is 16.3 Å². The number of hydrogen-bond donors (Lipinski definition) is 1. The van der Waals surface area contributed by atoms with Crippen molar-refractivity contribution >= 4 is 46.3 Å². The van der Waals surface area contributed by atoms with Gasteiger partial charge in [0.25, 0.3) is 0 Å². The number of nitrogens with one attached hydrogen (secondary N) is 1. The Kier molecular flexibility index (Phi) is 6.25. The second-order valence-electron chi connectivity index (χ2n) is 7.60. The molecule has 1 fully saturated rings. The second-order valence-corrected chi connectivity index (χ2v) is 9.70. The molecule has 1 aliphatic heterocycles. The van der Waals surface area contributed by atoms with Crippen LogP contribution in [0.15, 0.2) is 66.0 Å². The number of rotatable bonds is 6. The van der Waals surface area contributed by atoms with Gasteiger partial charge in [-0.2, -0.15) is 0 Å². The van der Waals surface area contributed by atoms with E-state index in [0.717, 1.165) is 21.8 Å². The van der Waals surface area contributed by atoms with Gasteiger partial charge in [-0.3, -0.25) is 14.5 Å². The van der Waals surface area contributed by atoms with Crippen molar-refractivity contribution in [2.75, 3.05) is 16.0 Å².